The molecule has 0 fully saturated rings. The summed E-state index contributed by atoms with van der Waals surface area (Å²) in [5.41, 5.74) is 6.42. The number of furan rings is 1. The molecule has 2 heterocycles. The van der Waals surface area contributed by atoms with E-state index in [1.807, 2.05) is 34.9 Å². The summed E-state index contributed by atoms with van der Waals surface area (Å²) in [5.74, 6) is 2.04. The predicted molar refractivity (Wildman–Crippen MR) is 111 cm³/mol. The zero-order valence-electron chi connectivity index (χ0n) is 15.1. The molecule has 3 rings (SSSR count). The van der Waals surface area contributed by atoms with E-state index in [0.717, 1.165) is 40.9 Å². The summed E-state index contributed by atoms with van der Waals surface area (Å²) in [4.78, 5) is 11.1. The fraction of sp³-hybridized carbons (Fsp3) is 0.316. The Bertz CT molecular complexity index is 928. The number of primary amides is 1. The minimum atomic E-state index is -0.358. The quantitative estimate of drug-likeness (QED) is 0.375. The zero-order chi connectivity index (χ0) is 19.9. The van der Waals surface area contributed by atoms with Crippen LogP contribution >= 0.6 is 35.0 Å². The van der Waals surface area contributed by atoms with Gasteiger partial charge < -0.3 is 10.2 Å². The molecular weight excluding hydrogens is 419 g/mol. The lowest BCUT2D eigenvalue weighted by molar-refractivity contribution is -0.118. The van der Waals surface area contributed by atoms with E-state index in [9.17, 15) is 4.79 Å². The minimum absolute atomic E-state index is 0.234. The Morgan fingerprint density at radius 3 is 2.75 bits per heavy atom. The summed E-state index contributed by atoms with van der Waals surface area (Å²) in [6, 6.07) is 9.44. The summed E-state index contributed by atoms with van der Waals surface area (Å²) in [7, 11) is 0. The van der Waals surface area contributed by atoms with Gasteiger partial charge in [0.1, 0.15) is 11.6 Å². The third-order valence-corrected chi connectivity index (χ3v) is 5.90. The van der Waals surface area contributed by atoms with Crippen molar-refractivity contribution in [2.24, 2.45) is 5.73 Å². The van der Waals surface area contributed by atoms with Gasteiger partial charge in [-0.05, 0) is 42.7 Å². The molecule has 148 valence electrons. The number of benzene rings is 1. The molecule has 9 heteroatoms. The van der Waals surface area contributed by atoms with Crippen molar-refractivity contribution in [1.82, 2.24) is 14.8 Å². The first kappa shape index (κ1) is 20.8. The second-order valence-corrected chi connectivity index (χ2v) is 8.11. The third-order valence-electron chi connectivity index (χ3n) is 4.11. The van der Waals surface area contributed by atoms with Crippen molar-refractivity contribution in [3.05, 3.63) is 63.8 Å². The third kappa shape index (κ3) is 5.77. The standard InChI is InChI=1S/C19H20Cl2N4O2S/c20-15-6-5-13(11-16(15)21)3-2-10-28-19-24-23-18(8-7-17(22)26)25(19)12-14-4-1-9-27-14/h1,4-6,9,11H,2-3,7-8,10,12H2,(H2,22,26). The Morgan fingerprint density at radius 1 is 1.18 bits per heavy atom. The first-order chi connectivity index (χ1) is 13.5. The van der Waals surface area contributed by atoms with E-state index in [4.69, 9.17) is 33.4 Å². The minimum Gasteiger partial charge on any atom is -0.467 e. The number of amides is 1. The van der Waals surface area contributed by atoms with E-state index in [2.05, 4.69) is 10.2 Å². The molecule has 0 aliphatic heterocycles. The van der Waals surface area contributed by atoms with Crippen molar-refractivity contribution in [2.75, 3.05) is 5.75 Å². The molecule has 1 amide bonds. The van der Waals surface area contributed by atoms with Gasteiger partial charge in [0.25, 0.3) is 0 Å². The van der Waals surface area contributed by atoms with Crippen LogP contribution in [0.4, 0.5) is 0 Å². The van der Waals surface area contributed by atoms with Crippen molar-refractivity contribution >= 4 is 40.9 Å². The Balaban J connectivity index is 1.61. The number of halogens is 2. The van der Waals surface area contributed by atoms with Crippen LogP contribution in [0.5, 0.6) is 0 Å². The summed E-state index contributed by atoms with van der Waals surface area (Å²) in [6.07, 6.45) is 4.16. The van der Waals surface area contributed by atoms with Gasteiger partial charge in [-0.2, -0.15) is 0 Å². The Kier molecular flexibility index (Phi) is 7.42. The first-order valence-corrected chi connectivity index (χ1v) is 10.6. The van der Waals surface area contributed by atoms with E-state index < -0.39 is 0 Å². The van der Waals surface area contributed by atoms with Crippen LogP contribution in [0.25, 0.3) is 0 Å². The maximum atomic E-state index is 11.1. The highest BCUT2D eigenvalue weighted by molar-refractivity contribution is 7.99. The number of carbonyl (C=O) groups excluding carboxylic acids is 1. The molecule has 0 unspecified atom stereocenters. The van der Waals surface area contributed by atoms with Crippen molar-refractivity contribution < 1.29 is 9.21 Å². The average Bonchev–Trinajstić information content (AvgIpc) is 3.31. The van der Waals surface area contributed by atoms with E-state index in [1.54, 1.807) is 18.0 Å². The molecule has 0 saturated heterocycles. The van der Waals surface area contributed by atoms with E-state index in [1.165, 1.54) is 0 Å². The lowest BCUT2D eigenvalue weighted by Crippen LogP contribution is -2.14. The van der Waals surface area contributed by atoms with Crippen molar-refractivity contribution in [3.8, 4) is 0 Å². The Labute approximate surface area is 177 Å². The van der Waals surface area contributed by atoms with Gasteiger partial charge in [-0.25, -0.2) is 0 Å². The van der Waals surface area contributed by atoms with Crippen LogP contribution in [0.2, 0.25) is 10.0 Å². The maximum absolute atomic E-state index is 11.1. The van der Waals surface area contributed by atoms with Gasteiger partial charge in [-0.1, -0.05) is 41.0 Å². The molecule has 0 spiro atoms. The number of thioether (sulfide) groups is 1. The summed E-state index contributed by atoms with van der Waals surface area (Å²) in [6.45, 7) is 0.517. The van der Waals surface area contributed by atoms with E-state index in [0.29, 0.717) is 23.0 Å². The normalized spacial score (nSPS) is 11.1. The molecule has 0 radical (unpaired) electrons. The molecule has 6 nitrogen and oxygen atoms in total. The highest BCUT2D eigenvalue weighted by atomic mass is 35.5. The molecule has 28 heavy (non-hydrogen) atoms. The van der Waals surface area contributed by atoms with E-state index in [-0.39, 0.29) is 12.3 Å². The number of nitrogens with zero attached hydrogens (tertiary/aromatic N) is 3. The summed E-state index contributed by atoms with van der Waals surface area (Å²) in [5, 5.41) is 10.5. The number of hydrogen-bond donors (Lipinski definition) is 1. The fourth-order valence-electron chi connectivity index (χ4n) is 2.70. The monoisotopic (exact) mass is 438 g/mol. The molecule has 3 aromatic rings. The molecule has 2 N–H and O–H groups in total. The van der Waals surface area contributed by atoms with E-state index >= 15 is 0 Å². The number of aromatic nitrogens is 3. The van der Waals surface area contributed by atoms with Crippen LogP contribution in [0.1, 0.15) is 30.0 Å². The summed E-state index contributed by atoms with van der Waals surface area (Å²) >= 11 is 13.6. The number of aryl methyl sites for hydroxylation is 2. The molecule has 0 atom stereocenters. The summed E-state index contributed by atoms with van der Waals surface area (Å²) < 4.78 is 7.42. The first-order valence-electron chi connectivity index (χ1n) is 8.82. The number of carbonyl (C=O) groups is 1. The van der Waals surface area contributed by atoms with Crippen LogP contribution < -0.4 is 5.73 Å². The Morgan fingerprint density at radius 2 is 2.04 bits per heavy atom. The predicted octanol–water partition coefficient (Wildman–Crippen LogP) is 4.37. The van der Waals surface area contributed by atoms with Gasteiger partial charge in [0.05, 0.1) is 22.9 Å². The smallest absolute Gasteiger partial charge is 0.217 e. The largest absolute Gasteiger partial charge is 0.467 e. The van der Waals surface area contributed by atoms with Gasteiger partial charge in [0.15, 0.2) is 5.16 Å². The van der Waals surface area contributed by atoms with Gasteiger partial charge >= 0.3 is 0 Å². The molecule has 0 aliphatic carbocycles. The average molecular weight is 439 g/mol. The molecule has 1 aromatic carbocycles. The highest BCUT2D eigenvalue weighted by Crippen LogP contribution is 2.25. The van der Waals surface area contributed by atoms with Crippen molar-refractivity contribution in [3.63, 3.8) is 0 Å². The van der Waals surface area contributed by atoms with Crippen molar-refractivity contribution in [1.29, 1.82) is 0 Å². The van der Waals surface area contributed by atoms with Gasteiger partial charge in [-0.3, -0.25) is 9.36 Å². The molecular formula is C19H20Cl2N4O2S. The fourth-order valence-corrected chi connectivity index (χ4v) is 3.91. The molecule has 0 bridgehead atoms. The zero-order valence-corrected chi connectivity index (χ0v) is 17.4. The lowest BCUT2D eigenvalue weighted by atomic mass is 10.1. The van der Waals surface area contributed by atoms with Crippen LogP contribution in [-0.4, -0.2) is 26.4 Å². The SMILES string of the molecule is NC(=O)CCc1nnc(SCCCc2ccc(Cl)c(Cl)c2)n1Cc1ccco1. The van der Waals surface area contributed by atoms with Crippen LogP contribution in [0.15, 0.2) is 46.2 Å². The van der Waals surface area contributed by atoms with Gasteiger partial charge in [0.2, 0.25) is 5.91 Å². The van der Waals surface area contributed by atoms with Gasteiger partial charge in [0, 0.05) is 18.6 Å². The molecule has 2 aromatic heterocycles. The topological polar surface area (TPSA) is 86.9 Å². The second-order valence-electron chi connectivity index (χ2n) is 6.23. The Hall–Kier alpha value is -1.96. The second kappa shape index (κ2) is 10.0. The van der Waals surface area contributed by atoms with Crippen LogP contribution in [0, 0.1) is 0 Å². The number of rotatable bonds is 10. The molecule has 0 aliphatic rings. The lowest BCUT2D eigenvalue weighted by Gasteiger charge is -2.08. The van der Waals surface area contributed by atoms with Crippen molar-refractivity contribution in [2.45, 2.75) is 37.4 Å². The molecule has 0 saturated carbocycles. The van der Waals surface area contributed by atoms with Crippen LogP contribution in [0.3, 0.4) is 0 Å². The van der Waals surface area contributed by atoms with Gasteiger partial charge in [-0.15, -0.1) is 10.2 Å². The van der Waals surface area contributed by atoms with Crippen LogP contribution in [-0.2, 0) is 24.2 Å². The maximum Gasteiger partial charge on any atom is 0.217 e. The highest BCUT2D eigenvalue weighted by Gasteiger charge is 2.15. The number of hydrogen-bond acceptors (Lipinski definition) is 5. The number of nitrogens with two attached hydrogens (primary N) is 1.